The van der Waals surface area contributed by atoms with Crippen molar-refractivity contribution in [1.82, 2.24) is 0 Å². The van der Waals surface area contributed by atoms with E-state index < -0.39 is 21.9 Å². The van der Waals surface area contributed by atoms with Crippen LogP contribution in [-0.4, -0.2) is 34.9 Å². The molecule has 0 spiro atoms. The van der Waals surface area contributed by atoms with E-state index in [1.54, 1.807) is 35.7 Å². The van der Waals surface area contributed by atoms with Gasteiger partial charge in [0.25, 0.3) is 0 Å². The number of halogens is 3. The molecule has 0 bridgehead atoms. The van der Waals surface area contributed by atoms with E-state index in [1.165, 1.54) is 26.4 Å². The first-order valence-corrected chi connectivity index (χ1v) is 10.5. The van der Waals surface area contributed by atoms with Gasteiger partial charge in [0.05, 0.1) is 23.9 Å². The molecule has 0 saturated carbocycles. The Bertz CT molecular complexity index is 721. The van der Waals surface area contributed by atoms with Gasteiger partial charge in [-0.15, -0.1) is 23.5 Å². The zero-order valence-corrected chi connectivity index (χ0v) is 17.3. The zero-order chi connectivity index (χ0) is 20.8. The quantitative estimate of drug-likeness (QED) is 0.431. The molecule has 0 amide bonds. The summed E-state index contributed by atoms with van der Waals surface area (Å²) in [7, 11) is 3.05. The van der Waals surface area contributed by atoms with Crippen LogP contribution in [0.1, 0.15) is 23.7 Å². The molecule has 1 saturated heterocycles. The van der Waals surface area contributed by atoms with Gasteiger partial charge >= 0.3 is 6.18 Å². The molecule has 0 radical (unpaired) electrons. The molecule has 1 aromatic rings. The Morgan fingerprint density at radius 2 is 1.75 bits per heavy atom. The van der Waals surface area contributed by atoms with Gasteiger partial charge in [-0.3, -0.25) is 0 Å². The molecule has 0 aliphatic carbocycles. The maximum Gasteiger partial charge on any atom is 0.416 e. The Hall–Kier alpha value is -1.51. The highest BCUT2D eigenvalue weighted by atomic mass is 32.2. The lowest BCUT2D eigenvalue weighted by Crippen LogP contribution is -2.27. The van der Waals surface area contributed by atoms with Crippen molar-refractivity contribution in [3.05, 3.63) is 71.7 Å². The van der Waals surface area contributed by atoms with Gasteiger partial charge in [-0.05, 0) is 36.3 Å². The fourth-order valence-corrected chi connectivity index (χ4v) is 6.02. The predicted octanol–water partition coefficient (Wildman–Crippen LogP) is 5.55. The summed E-state index contributed by atoms with van der Waals surface area (Å²) >= 11 is 3.20. The van der Waals surface area contributed by atoms with Crippen molar-refractivity contribution in [2.75, 3.05) is 25.7 Å². The SMILES string of the molecule is C=C/C=C(OC)\C(=C/CC1(C(O)c2ccc(C(F)(F)F)cc2)SCCS1)OC. The van der Waals surface area contributed by atoms with Crippen LogP contribution < -0.4 is 0 Å². The monoisotopic (exact) mass is 432 g/mol. The minimum atomic E-state index is -4.40. The minimum absolute atomic E-state index is 0.450. The van der Waals surface area contributed by atoms with E-state index in [-0.39, 0.29) is 0 Å². The molecule has 1 aliphatic rings. The number of allylic oxidation sites excluding steroid dienone is 3. The number of methoxy groups -OCH3 is 2. The van der Waals surface area contributed by atoms with Crippen LogP contribution >= 0.6 is 23.5 Å². The van der Waals surface area contributed by atoms with E-state index in [0.29, 0.717) is 23.5 Å². The van der Waals surface area contributed by atoms with Crippen molar-refractivity contribution < 1.29 is 27.8 Å². The molecular formula is C20H23F3O3S2. The summed E-state index contributed by atoms with van der Waals surface area (Å²) in [4.78, 5) is 0. The predicted molar refractivity (Wildman–Crippen MR) is 109 cm³/mol. The number of hydrogen-bond acceptors (Lipinski definition) is 5. The summed E-state index contributed by atoms with van der Waals surface area (Å²) in [5, 5.41) is 11.0. The summed E-state index contributed by atoms with van der Waals surface area (Å²) in [6, 6.07) is 4.69. The van der Waals surface area contributed by atoms with Crippen LogP contribution in [-0.2, 0) is 15.7 Å². The van der Waals surface area contributed by atoms with E-state index in [1.807, 2.05) is 6.08 Å². The van der Waals surface area contributed by atoms with Crippen LogP contribution in [0.5, 0.6) is 0 Å². The molecular weight excluding hydrogens is 409 g/mol. The number of rotatable bonds is 8. The molecule has 3 nitrogen and oxygen atoms in total. The smallest absolute Gasteiger partial charge is 0.416 e. The van der Waals surface area contributed by atoms with Gasteiger partial charge in [0.15, 0.2) is 11.5 Å². The third kappa shape index (κ3) is 5.30. The lowest BCUT2D eigenvalue weighted by Gasteiger charge is -2.32. The second kappa shape index (κ2) is 9.80. The zero-order valence-electron chi connectivity index (χ0n) is 15.7. The van der Waals surface area contributed by atoms with Crippen LogP contribution in [0.15, 0.2) is 60.6 Å². The Morgan fingerprint density at radius 1 is 1.18 bits per heavy atom. The van der Waals surface area contributed by atoms with E-state index in [9.17, 15) is 18.3 Å². The van der Waals surface area contributed by atoms with Crippen LogP contribution in [0.25, 0.3) is 0 Å². The van der Waals surface area contributed by atoms with Crippen molar-refractivity contribution in [3.8, 4) is 0 Å². The first kappa shape index (κ1) is 22.8. The van der Waals surface area contributed by atoms with Crippen LogP contribution in [0.4, 0.5) is 13.2 Å². The molecule has 1 heterocycles. The van der Waals surface area contributed by atoms with Gasteiger partial charge < -0.3 is 14.6 Å². The van der Waals surface area contributed by atoms with Crippen molar-refractivity contribution in [3.63, 3.8) is 0 Å². The van der Waals surface area contributed by atoms with Crippen LogP contribution in [0, 0.1) is 0 Å². The Kier molecular flexibility index (Phi) is 7.97. The van der Waals surface area contributed by atoms with Gasteiger partial charge in [-0.1, -0.05) is 24.8 Å². The maximum absolute atomic E-state index is 12.8. The van der Waals surface area contributed by atoms with Gasteiger partial charge in [-0.2, -0.15) is 13.2 Å². The third-order valence-electron chi connectivity index (χ3n) is 4.27. The standard InChI is InChI=1S/C20H23F3O3S2/c1-4-5-16(25-2)17(26-3)10-11-19(27-12-13-28-19)18(24)14-6-8-15(9-7-14)20(21,22)23/h4-10,18,24H,1,11-13H2,2-3H3/b16-5+,17-10+. The highest BCUT2D eigenvalue weighted by Gasteiger charge is 2.43. The molecule has 1 N–H and O–H groups in total. The van der Waals surface area contributed by atoms with E-state index in [0.717, 1.165) is 23.6 Å². The molecule has 2 rings (SSSR count). The Labute approximate surface area is 171 Å². The van der Waals surface area contributed by atoms with Gasteiger partial charge in [0.1, 0.15) is 6.10 Å². The van der Waals surface area contributed by atoms with Crippen LogP contribution in [0.3, 0.4) is 0 Å². The first-order chi connectivity index (χ1) is 13.3. The average Bonchev–Trinajstić information content (AvgIpc) is 3.16. The summed E-state index contributed by atoms with van der Waals surface area (Å²) in [6.07, 6.45) is 0.197. The third-order valence-corrected chi connectivity index (χ3v) is 7.81. The molecule has 1 aromatic carbocycles. The summed E-state index contributed by atoms with van der Waals surface area (Å²) in [5.41, 5.74) is -0.277. The molecule has 28 heavy (non-hydrogen) atoms. The summed E-state index contributed by atoms with van der Waals surface area (Å²) in [5.74, 6) is 2.70. The van der Waals surface area contributed by atoms with E-state index >= 15 is 0 Å². The van der Waals surface area contributed by atoms with Crippen molar-refractivity contribution in [2.24, 2.45) is 0 Å². The molecule has 1 unspecified atom stereocenters. The molecule has 0 aromatic heterocycles. The van der Waals surface area contributed by atoms with Gasteiger partial charge in [0.2, 0.25) is 0 Å². The minimum Gasteiger partial charge on any atom is -0.493 e. The van der Waals surface area contributed by atoms with Crippen molar-refractivity contribution >= 4 is 23.5 Å². The first-order valence-electron chi connectivity index (χ1n) is 8.51. The fraction of sp³-hybridized carbons (Fsp3) is 0.400. The number of alkyl halides is 3. The lowest BCUT2D eigenvalue weighted by molar-refractivity contribution is -0.137. The molecule has 8 heteroatoms. The Morgan fingerprint density at radius 3 is 2.21 bits per heavy atom. The molecule has 1 aliphatic heterocycles. The summed E-state index contributed by atoms with van der Waals surface area (Å²) < 4.78 is 48.5. The van der Waals surface area contributed by atoms with Gasteiger partial charge in [0, 0.05) is 11.5 Å². The van der Waals surface area contributed by atoms with Crippen LogP contribution in [0.2, 0.25) is 0 Å². The number of ether oxygens (including phenoxy) is 2. The molecule has 154 valence electrons. The topological polar surface area (TPSA) is 38.7 Å². The number of hydrogen-bond donors (Lipinski definition) is 1. The highest BCUT2D eigenvalue weighted by Crippen LogP contribution is 2.54. The average molecular weight is 433 g/mol. The number of aliphatic hydroxyl groups is 1. The fourth-order valence-electron chi connectivity index (χ4n) is 2.84. The second-order valence-electron chi connectivity index (χ2n) is 5.98. The maximum atomic E-state index is 12.8. The van der Waals surface area contributed by atoms with E-state index in [2.05, 4.69) is 6.58 Å². The lowest BCUT2D eigenvalue weighted by atomic mass is 10.0. The van der Waals surface area contributed by atoms with Gasteiger partial charge in [-0.25, -0.2) is 0 Å². The second-order valence-corrected chi connectivity index (χ2v) is 9.09. The highest BCUT2D eigenvalue weighted by molar-refractivity contribution is 8.21. The van der Waals surface area contributed by atoms with Crippen molar-refractivity contribution in [1.29, 1.82) is 0 Å². The Balaban J connectivity index is 2.28. The van der Waals surface area contributed by atoms with E-state index in [4.69, 9.17) is 9.47 Å². The largest absolute Gasteiger partial charge is 0.493 e. The van der Waals surface area contributed by atoms with Crippen molar-refractivity contribution in [2.45, 2.75) is 22.8 Å². The number of benzene rings is 1. The summed E-state index contributed by atoms with van der Waals surface area (Å²) in [6.45, 7) is 3.64. The number of thioether (sulfide) groups is 2. The number of aliphatic hydroxyl groups excluding tert-OH is 1. The normalized spacial score (nSPS) is 18.6. The molecule has 1 atom stereocenters. The molecule has 1 fully saturated rings.